The zero-order chi connectivity index (χ0) is 25.9. The second kappa shape index (κ2) is 9.38. The van der Waals surface area contributed by atoms with Crippen LogP contribution in [0, 0.1) is 0 Å². The third-order valence-electron chi connectivity index (χ3n) is 8.37. The van der Waals surface area contributed by atoms with E-state index in [2.05, 4.69) is 70.3 Å². The van der Waals surface area contributed by atoms with Gasteiger partial charge in [0.25, 0.3) is 5.56 Å². The summed E-state index contributed by atoms with van der Waals surface area (Å²) in [7, 11) is -4.64. The standard InChI is InChI=1S/C23H41N5O5Si2/c1-12(2)34(13(3)4)11-35(14(5)6,15(7)8)33-19-16(9-31-34)32-22(18(19)29)28-10-25-17-20(28)26-23(24)27-21(17)30/h10,12-16,18-19,22,29H,9,11H2,1-8H3,(H3,24,26,27,30). The third kappa shape index (κ3) is 4.21. The van der Waals surface area contributed by atoms with E-state index in [0.717, 1.165) is 5.67 Å². The Bertz CT molecular complexity index is 1100. The van der Waals surface area contributed by atoms with Crippen molar-refractivity contribution < 1.29 is 18.7 Å². The van der Waals surface area contributed by atoms with Crippen molar-refractivity contribution in [3.8, 4) is 0 Å². The van der Waals surface area contributed by atoms with Crippen LogP contribution in [0.3, 0.4) is 0 Å². The highest BCUT2D eigenvalue weighted by atomic mass is 28.4. The van der Waals surface area contributed by atoms with Gasteiger partial charge < -0.3 is 24.4 Å². The van der Waals surface area contributed by atoms with E-state index < -0.39 is 46.7 Å². The minimum atomic E-state index is -2.41. The Balaban J connectivity index is 1.79. The number of aromatic amines is 1. The van der Waals surface area contributed by atoms with Gasteiger partial charge in [-0.25, -0.2) is 4.98 Å². The maximum Gasteiger partial charge on any atom is 0.280 e. The van der Waals surface area contributed by atoms with E-state index in [1.165, 1.54) is 6.33 Å². The van der Waals surface area contributed by atoms with E-state index in [9.17, 15) is 9.90 Å². The molecule has 4 N–H and O–H groups in total. The fraction of sp³-hybridized carbons (Fsp3) is 0.783. The van der Waals surface area contributed by atoms with Crippen molar-refractivity contribution in [2.45, 2.75) is 108 Å². The second-order valence-corrected chi connectivity index (χ2v) is 21.8. The van der Waals surface area contributed by atoms with Crippen LogP contribution < -0.4 is 11.3 Å². The first-order valence-electron chi connectivity index (χ1n) is 12.7. The zero-order valence-corrected chi connectivity index (χ0v) is 24.1. The normalized spacial score (nSPS) is 28.7. The predicted octanol–water partition coefficient (Wildman–Crippen LogP) is 3.45. The highest BCUT2D eigenvalue weighted by Crippen LogP contribution is 2.50. The fourth-order valence-corrected chi connectivity index (χ4v) is 22.0. The number of aliphatic hydroxyl groups is 1. The summed E-state index contributed by atoms with van der Waals surface area (Å²) in [6.07, 6.45) is -1.30. The van der Waals surface area contributed by atoms with Crippen molar-refractivity contribution in [3.63, 3.8) is 0 Å². The SMILES string of the molecule is CC(C)[Si]1(C(C)C)C[Si](C(C)C)(C(C)C)OC2C(CO1)OC(n1cnc3c(=O)[nH]c(N)nc31)C2O. The highest BCUT2D eigenvalue weighted by Gasteiger charge is 2.60. The highest BCUT2D eigenvalue weighted by molar-refractivity contribution is 6.94. The minimum absolute atomic E-state index is 0.0157. The van der Waals surface area contributed by atoms with E-state index in [4.69, 9.17) is 19.3 Å². The summed E-state index contributed by atoms with van der Waals surface area (Å²) in [6.45, 7) is 18.5. The number of ether oxygens (including phenoxy) is 1. The molecule has 2 aliphatic rings. The van der Waals surface area contributed by atoms with Crippen LogP contribution in [0.5, 0.6) is 0 Å². The molecule has 2 aliphatic heterocycles. The molecule has 0 bridgehead atoms. The summed E-state index contributed by atoms with van der Waals surface area (Å²) in [5.41, 5.74) is 8.30. The molecule has 2 saturated heterocycles. The van der Waals surface area contributed by atoms with E-state index in [1.54, 1.807) is 4.57 Å². The van der Waals surface area contributed by atoms with Crippen LogP contribution in [0.2, 0.25) is 27.8 Å². The molecule has 0 saturated carbocycles. The monoisotopic (exact) mass is 523 g/mol. The van der Waals surface area contributed by atoms with Gasteiger partial charge in [-0.05, 0) is 27.8 Å². The Labute approximate surface area is 208 Å². The molecular formula is C23H41N5O5Si2. The van der Waals surface area contributed by atoms with Crippen LogP contribution in [0.15, 0.2) is 11.1 Å². The number of rotatable bonds is 5. The third-order valence-corrected chi connectivity index (χ3v) is 22.0. The molecule has 4 heterocycles. The Kier molecular flexibility index (Phi) is 7.10. The van der Waals surface area contributed by atoms with Gasteiger partial charge >= 0.3 is 0 Å². The number of aromatic nitrogens is 4. The van der Waals surface area contributed by atoms with Crippen molar-refractivity contribution in [3.05, 3.63) is 16.7 Å². The number of nitrogens with one attached hydrogen (secondary N) is 1. The number of hydrogen-bond donors (Lipinski definition) is 3. The zero-order valence-electron chi connectivity index (χ0n) is 22.1. The summed E-state index contributed by atoms with van der Waals surface area (Å²) in [5.74, 6) is -0.0157. The summed E-state index contributed by atoms with van der Waals surface area (Å²) >= 11 is 0. The van der Waals surface area contributed by atoms with Crippen LogP contribution in [0.25, 0.3) is 11.2 Å². The molecule has 4 rings (SSSR count). The number of nitrogens with two attached hydrogens (primary N) is 1. The van der Waals surface area contributed by atoms with Gasteiger partial charge in [0.05, 0.1) is 12.9 Å². The number of nitrogens with zero attached hydrogens (tertiary/aromatic N) is 3. The first-order chi connectivity index (χ1) is 16.3. The number of aliphatic hydroxyl groups excluding tert-OH is 1. The number of anilines is 1. The lowest BCUT2D eigenvalue weighted by atomic mass is 10.1. The first kappa shape index (κ1) is 26.5. The number of hydrogen-bond acceptors (Lipinski definition) is 8. The van der Waals surface area contributed by atoms with Gasteiger partial charge in [0.15, 0.2) is 34.0 Å². The molecule has 0 aromatic carbocycles. The molecule has 0 amide bonds. The average Bonchev–Trinajstić information content (AvgIpc) is 3.28. The summed E-state index contributed by atoms with van der Waals surface area (Å²) < 4.78 is 22.1. The van der Waals surface area contributed by atoms with Gasteiger partial charge in [-0.3, -0.25) is 14.3 Å². The molecule has 0 radical (unpaired) electrons. The maximum absolute atomic E-state index is 12.3. The molecule has 196 valence electrons. The molecule has 0 aliphatic carbocycles. The molecule has 4 atom stereocenters. The van der Waals surface area contributed by atoms with E-state index >= 15 is 0 Å². The van der Waals surface area contributed by atoms with E-state index in [-0.39, 0.29) is 17.1 Å². The van der Waals surface area contributed by atoms with Crippen LogP contribution in [-0.4, -0.2) is 66.2 Å². The first-order valence-corrected chi connectivity index (χ1v) is 17.3. The van der Waals surface area contributed by atoms with Crippen LogP contribution in [-0.2, 0) is 13.6 Å². The largest absolute Gasteiger partial charge is 0.414 e. The number of fused-ring (bicyclic) bond motifs is 2. The summed E-state index contributed by atoms with van der Waals surface area (Å²) in [6, 6.07) is 0. The minimum Gasteiger partial charge on any atom is -0.414 e. The molecule has 10 nitrogen and oxygen atoms in total. The maximum atomic E-state index is 12.3. The fourth-order valence-electron chi connectivity index (χ4n) is 6.13. The van der Waals surface area contributed by atoms with Gasteiger partial charge in [-0.15, -0.1) is 0 Å². The van der Waals surface area contributed by atoms with Crippen LogP contribution >= 0.6 is 0 Å². The van der Waals surface area contributed by atoms with Crippen LogP contribution in [0.1, 0.15) is 61.6 Å². The van der Waals surface area contributed by atoms with Gasteiger partial charge in [0.2, 0.25) is 5.95 Å². The quantitative estimate of drug-likeness (QED) is 0.507. The summed E-state index contributed by atoms with van der Waals surface area (Å²) in [5, 5.41) is 11.5. The molecule has 4 unspecified atom stereocenters. The van der Waals surface area contributed by atoms with Crippen LogP contribution in [0.4, 0.5) is 5.95 Å². The lowest BCUT2D eigenvalue weighted by Gasteiger charge is -2.51. The molecule has 2 aromatic rings. The Morgan fingerprint density at radius 1 is 1.09 bits per heavy atom. The molecule has 35 heavy (non-hydrogen) atoms. The Morgan fingerprint density at radius 3 is 2.26 bits per heavy atom. The molecule has 12 heteroatoms. The topological polar surface area (TPSA) is 138 Å². The van der Waals surface area contributed by atoms with Gasteiger partial charge in [-0.2, -0.15) is 4.98 Å². The molecule has 2 aromatic heterocycles. The lowest BCUT2D eigenvalue weighted by Crippen LogP contribution is -2.62. The van der Waals surface area contributed by atoms with Crippen molar-refractivity contribution in [1.82, 2.24) is 19.5 Å². The summed E-state index contributed by atoms with van der Waals surface area (Å²) in [4.78, 5) is 23.2. The smallest absolute Gasteiger partial charge is 0.280 e. The lowest BCUT2D eigenvalue weighted by molar-refractivity contribution is -0.0497. The number of nitrogen functional groups attached to an aromatic ring is 1. The molecular weight excluding hydrogens is 482 g/mol. The van der Waals surface area contributed by atoms with Crippen molar-refractivity contribution in [2.24, 2.45) is 0 Å². The Morgan fingerprint density at radius 2 is 1.69 bits per heavy atom. The van der Waals surface area contributed by atoms with E-state index in [0.29, 0.717) is 28.8 Å². The van der Waals surface area contributed by atoms with Gasteiger partial charge in [0, 0.05) is 0 Å². The predicted molar refractivity (Wildman–Crippen MR) is 140 cm³/mol. The second-order valence-electron chi connectivity index (χ2n) is 11.4. The Hall–Kier alpha value is -1.58. The average molecular weight is 524 g/mol. The molecule has 2 fully saturated rings. The van der Waals surface area contributed by atoms with Gasteiger partial charge in [0.1, 0.15) is 18.3 Å². The number of H-pyrrole nitrogens is 1. The van der Waals surface area contributed by atoms with Crippen molar-refractivity contribution >= 4 is 33.7 Å². The van der Waals surface area contributed by atoms with Crippen molar-refractivity contribution in [1.29, 1.82) is 0 Å². The molecule has 0 spiro atoms. The van der Waals surface area contributed by atoms with Gasteiger partial charge in [-0.1, -0.05) is 55.4 Å². The number of imidazole rings is 1. The van der Waals surface area contributed by atoms with Crippen molar-refractivity contribution in [2.75, 3.05) is 12.3 Å². The van der Waals surface area contributed by atoms with E-state index in [1.807, 2.05) is 0 Å².